The van der Waals surface area contributed by atoms with Crippen LogP contribution in [-0.2, 0) is 9.53 Å². The van der Waals surface area contributed by atoms with Gasteiger partial charge in [-0.05, 0) is 37.0 Å². The lowest BCUT2D eigenvalue weighted by Gasteiger charge is -2.19. The average molecular weight is 425 g/mol. The molecule has 0 aromatic rings. The monoisotopic (exact) mass is 424 g/mol. The number of carbonyl (C=O) groups excluding carboxylic acids is 1. The summed E-state index contributed by atoms with van der Waals surface area (Å²) in [5, 5.41) is 0. The zero-order valence-electron chi connectivity index (χ0n) is 21.6. The smallest absolute Gasteiger partial charge is 0.308 e. The molecule has 2 heteroatoms. The largest absolute Gasteiger partial charge is 0.465 e. The minimum absolute atomic E-state index is 0.00940. The Morgan fingerprint density at radius 1 is 0.600 bits per heavy atom. The Morgan fingerprint density at radius 3 is 1.57 bits per heavy atom. The van der Waals surface area contributed by atoms with Crippen molar-refractivity contribution in [3.05, 3.63) is 0 Å². The summed E-state index contributed by atoms with van der Waals surface area (Å²) in [7, 11) is 0. The van der Waals surface area contributed by atoms with Crippen LogP contribution in [0.25, 0.3) is 0 Å². The van der Waals surface area contributed by atoms with Gasteiger partial charge in [-0.25, -0.2) is 0 Å². The Labute approximate surface area is 190 Å². The van der Waals surface area contributed by atoms with Crippen molar-refractivity contribution >= 4 is 5.97 Å². The maximum atomic E-state index is 12.2. The summed E-state index contributed by atoms with van der Waals surface area (Å²) in [5.74, 6) is 2.32. The van der Waals surface area contributed by atoms with E-state index in [4.69, 9.17) is 4.74 Å². The van der Waals surface area contributed by atoms with Crippen molar-refractivity contribution < 1.29 is 9.53 Å². The Morgan fingerprint density at radius 2 is 1.07 bits per heavy atom. The van der Waals surface area contributed by atoms with Crippen molar-refractivity contribution in [2.45, 2.75) is 144 Å². The highest BCUT2D eigenvalue weighted by Crippen LogP contribution is 2.22. The third kappa shape index (κ3) is 18.3. The normalized spacial score (nSPS) is 15.5. The van der Waals surface area contributed by atoms with Crippen molar-refractivity contribution in [3.63, 3.8) is 0 Å². The van der Waals surface area contributed by atoms with E-state index in [1.54, 1.807) is 0 Å². The Bertz CT molecular complexity index is 379. The molecule has 0 rings (SSSR count). The number of rotatable bonds is 21. The summed E-state index contributed by atoms with van der Waals surface area (Å²) in [6, 6.07) is 0. The molecule has 0 amide bonds. The van der Waals surface area contributed by atoms with E-state index >= 15 is 0 Å². The van der Waals surface area contributed by atoms with Gasteiger partial charge in [0.05, 0.1) is 12.5 Å². The van der Waals surface area contributed by atoms with E-state index in [0.717, 1.165) is 24.7 Å². The van der Waals surface area contributed by atoms with E-state index in [0.29, 0.717) is 12.5 Å². The fourth-order valence-electron chi connectivity index (χ4n) is 4.35. The van der Waals surface area contributed by atoms with Crippen LogP contribution in [0.4, 0.5) is 0 Å². The van der Waals surface area contributed by atoms with Gasteiger partial charge in [0.2, 0.25) is 0 Å². The van der Waals surface area contributed by atoms with Gasteiger partial charge in [-0.15, -0.1) is 0 Å². The molecule has 4 unspecified atom stereocenters. The first-order valence-corrected chi connectivity index (χ1v) is 13.6. The van der Waals surface area contributed by atoms with Gasteiger partial charge in [0.15, 0.2) is 0 Å². The Kier molecular flexibility index (Phi) is 20.0. The molecule has 0 bridgehead atoms. The molecule has 0 fully saturated rings. The third-order valence-corrected chi connectivity index (χ3v) is 6.94. The van der Waals surface area contributed by atoms with E-state index in [2.05, 4.69) is 34.6 Å². The van der Waals surface area contributed by atoms with Gasteiger partial charge in [-0.1, -0.05) is 125 Å². The van der Waals surface area contributed by atoms with Crippen LogP contribution in [-0.4, -0.2) is 12.6 Å². The summed E-state index contributed by atoms with van der Waals surface area (Å²) < 4.78 is 5.51. The second-order valence-electron chi connectivity index (χ2n) is 10.3. The van der Waals surface area contributed by atoms with Crippen LogP contribution in [0.5, 0.6) is 0 Å². The molecule has 0 saturated heterocycles. The average Bonchev–Trinajstić information content (AvgIpc) is 2.73. The summed E-state index contributed by atoms with van der Waals surface area (Å²) >= 11 is 0. The zero-order chi connectivity index (χ0) is 22.6. The van der Waals surface area contributed by atoms with Gasteiger partial charge < -0.3 is 4.74 Å². The highest BCUT2D eigenvalue weighted by Gasteiger charge is 2.18. The molecule has 30 heavy (non-hydrogen) atoms. The molecule has 0 aromatic carbocycles. The number of unbranched alkanes of at least 4 members (excludes halogenated alkanes) is 10. The predicted octanol–water partition coefficient (Wildman–Crippen LogP) is 9.36. The van der Waals surface area contributed by atoms with Crippen LogP contribution in [0.15, 0.2) is 0 Å². The van der Waals surface area contributed by atoms with Crippen molar-refractivity contribution in [1.82, 2.24) is 0 Å². The Balaban J connectivity index is 3.41. The quantitative estimate of drug-likeness (QED) is 0.135. The molecule has 0 aromatic heterocycles. The molecule has 0 radical (unpaired) electrons. The molecule has 0 N–H and O–H groups in total. The highest BCUT2D eigenvalue weighted by atomic mass is 16.5. The molecule has 4 atom stereocenters. The number of esters is 1. The predicted molar refractivity (Wildman–Crippen MR) is 133 cm³/mol. The van der Waals surface area contributed by atoms with Crippen LogP contribution in [0, 0.1) is 23.7 Å². The van der Waals surface area contributed by atoms with Crippen molar-refractivity contribution in [3.8, 4) is 0 Å². The third-order valence-electron chi connectivity index (χ3n) is 6.94. The zero-order valence-corrected chi connectivity index (χ0v) is 21.6. The molecule has 0 aliphatic heterocycles. The van der Waals surface area contributed by atoms with Gasteiger partial charge >= 0.3 is 5.97 Å². The summed E-state index contributed by atoms with van der Waals surface area (Å²) in [6.45, 7) is 14.1. The summed E-state index contributed by atoms with van der Waals surface area (Å²) in [4.78, 5) is 12.2. The van der Waals surface area contributed by atoms with E-state index in [9.17, 15) is 4.79 Å². The van der Waals surface area contributed by atoms with E-state index < -0.39 is 0 Å². The van der Waals surface area contributed by atoms with Crippen molar-refractivity contribution in [2.24, 2.45) is 23.7 Å². The molecule has 180 valence electrons. The standard InChI is InChI=1S/C28H56O2/c1-7-24(3)20-18-16-14-12-10-9-11-13-15-17-19-21-30-28(29)27(6)23-26(5)22-25(4)8-2/h24-27H,7-23H2,1-6H3. The molecule has 0 aliphatic carbocycles. The number of hydrogen-bond acceptors (Lipinski definition) is 2. The lowest BCUT2D eigenvalue weighted by molar-refractivity contribution is -0.148. The van der Waals surface area contributed by atoms with Gasteiger partial charge in [0.25, 0.3) is 0 Å². The van der Waals surface area contributed by atoms with E-state index in [1.807, 2.05) is 6.92 Å². The highest BCUT2D eigenvalue weighted by molar-refractivity contribution is 5.71. The molecular weight excluding hydrogens is 368 g/mol. The summed E-state index contributed by atoms with van der Waals surface area (Å²) in [6.07, 6.45) is 20.9. The summed E-state index contributed by atoms with van der Waals surface area (Å²) in [5.41, 5.74) is 0. The minimum Gasteiger partial charge on any atom is -0.465 e. The van der Waals surface area contributed by atoms with Crippen LogP contribution >= 0.6 is 0 Å². The number of hydrogen-bond donors (Lipinski definition) is 0. The van der Waals surface area contributed by atoms with Crippen LogP contribution in [0.2, 0.25) is 0 Å². The molecule has 2 nitrogen and oxygen atoms in total. The van der Waals surface area contributed by atoms with Gasteiger partial charge in [0.1, 0.15) is 0 Å². The van der Waals surface area contributed by atoms with Gasteiger partial charge in [-0.3, -0.25) is 4.79 Å². The minimum atomic E-state index is 0.00940. The van der Waals surface area contributed by atoms with Crippen LogP contribution in [0.1, 0.15) is 144 Å². The Hall–Kier alpha value is -0.530. The van der Waals surface area contributed by atoms with Crippen LogP contribution < -0.4 is 0 Å². The maximum absolute atomic E-state index is 12.2. The fourth-order valence-corrected chi connectivity index (χ4v) is 4.35. The molecule has 0 saturated carbocycles. The lowest BCUT2D eigenvalue weighted by Crippen LogP contribution is -2.18. The van der Waals surface area contributed by atoms with Crippen molar-refractivity contribution in [2.75, 3.05) is 6.61 Å². The first-order chi connectivity index (χ1) is 14.4. The topological polar surface area (TPSA) is 26.3 Å². The second kappa shape index (κ2) is 20.4. The van der Waals surface area contributed by atoms with Crippen molar-refractivity contribution in [1.29, 1.82) is 0 Å². The molecule has 0 aliphatic rings. The maximum Gasteiger partial charge on any atom is 0.308 e. The number of carbonyl (C=O) groups is 1. The first kappa shape index (κ1) is 29.5. The van der Waals surface area contributed by atoms with Gasteiger partial charge in [0, 0.05) is 0 Å². The van der Waals surface area contributed by atoms with E-state index in [1.165, 1.54) is 89.9 Å². The van der Waals surface area contributed by atoms with Crippen LogP contribution in [0.3, 0.4) is 0 Å². The number of ether oxygens (including phenoxy) is 1. The first-order valence-electron chi connectivity index (χ1n) is 13.6. The molecule has 0 heterocycles. The SMILES string of the molecule is CCC(C)CCCCCCCCCCCCCOC(=O)C(C)CC(C)CC(C)CC. The molecular formula is C28H56O2. The van der Waals surface area contributed by atoms with E-state index in [-0.39, 0.29) is 11.9 Å². The van der Waals surface area contributed by atoms with Gasteiger partial charge in [-0.2, -0.15) is 0 Å². The lowest BCUT2D eigenvalue weighted by atomic mass is 9.88. The fraction of sp³-hybridized carbons (Fsp3) is 0.964. The molecule has 0 spiro atoms. The second-order valence-corrected chi connectivity index (χ2v) is 10.3.